The smallest absolute Gasteiger partial charge is 0.335 e. The molecule has 0 spiro atoms. The molecule has 0 radical (unpaired) electrons. The lowest BCUT2D eigenvalue weighted by molar-refractivity contribution is -0.148. The lowest BCUT2D eigenvalue weighted by atomic mass is 9.97. The van der Waals surface area contributed by atoms with Crippen molar-refractivity contribution in [1.29, 1.82) is 0 Å². The summed E-state index contributed by atoms with van der Waals surface area (Å²) in [6.45, 7) is 3.30. The summed E-state index contributed by atoms with van der Waals surface area (Å²) < 4.78 is 5.15. The second-order valence-corrected chi connectivity index (χ2v) is 7.45. The summed E-state index contributed by atoms with van der Waals surface area (Å²) in [5.74, 6) is -1.83. The average molecular weight is 402 g/mol. The van der Waals surface area contributed by atoms with Crippen LogP contribution in [0.4, 0.5) is 11.4 Å². The number of carboxylic acids is 1. The van der Waals surface area contributed by atoms with Crippen molar-refractivity contribution in [1.82, 2.24) is 0 Å². The number of thiophene rings is 1. The van der Waals surface area contributed by atoms with Crippen molar-refractivity contribution in [2.45, 2.75) is 19.8 Å². The molecule has 0 bridgehead atoms. The monoisotopic (exact) mass is 402 g/mol. The number of amides is 1. The Labute approximate surface area is 166 Å². The molecule has 0 saturated carbocycles. The molecule has 2 aromatic rings. The van der Waals surface area contributed by atoms with E-state index in [9.17, 15) is 19.5 Å². The summed E-state index contributed by atoms with van der Waals surface area (Å²) in [7, 11) is 0. The van der Waals surface area contributed by atoms with Gasteiger partial charge in [-0.05, 0) is 49.4 Å². The molecule has 148 valence electrons. The van der Waals surface area contributed by atoms with Crippen LogP contribution in [-0.2, 0) is 9.53 Å². The summed E-state index contributed by atoms with van der Waals surface area (Å²) in [4.78, 5) is 38.6. The number of nitrogens with one attached hydrogen (secondary N) is 1. The molecule has 1 aromatic heterocycles. The molecule has 1 aliphatic rings. The van der Waals surface area contributed by atoms with Gasteiger partial charge in [0.15, 0.2) is 0 Å². The van der Waals surface area contributed by atoms with Gasteiger partial charge in [0, 0.05) is 13.1 Å². The number of aromatic carboxylic acids is 1. The molecule has 1 amide bonds. The minimum absolute atomic E-state index is 0.0872. The lowest BCUT2D eigenvalue weighted by Crippen LogP contribution is -2.39. The van der Waals surface area contributed by atoms with E-state index in [1.165, 1.54) is 23.5 Å². The third-order valence-electron chi connectivity index (χ3n) is 4.62. The number of carbonyl (C=O) groups excluding carboxylic acids is 2. The van der Waals surface area contributed by atoms with Crippen molar-refractivity contribution in [3.05, 3.63) is 46.2 Å². The van der Waals surface area contributed by atoms with Gasteiger partial charge in [0.05, 0.1) is 34.3 Å². The molecule has 28 heavy (non-hydrogen) atoms. The fraction of sp³-hybridized carbons (Fsp3) is 0.350. The molecule has 7 nitrogen and oxygen atoms in total. The number of benzene rings is 1. The van der Waals surface area contributed by atoms with Gasteiger partial charge >= 0.3 is 11.9 Å². The van der Waals surface area contributed by atoms with Gasteiger partial charge in [-0.3, -0.25) is 9.59 Å². The highest BCUT2D eigenvalue weighted by atomic mass is 32.1. The maximum atomic E-state index is 12.5. The van der Waals surface area contributed by atoms with Crippen molar-refractivity contribution in [3.8, 4) is 0 Å². The van der Waals surface area contributed by atoms with Crippen LogP contribution in [0.15, 0.2) is 35.7 Å². The van der Waals surface area contributed by atoms with Crippen LogP contribution in [0, 0.1) is 5.92 Å². The van der Waals surface area contributed by atoms with Crippen LogP contribution in [0.3, 0.4) is 0 Å². The molecule has 3 rings (SSSR count). The van der Waals surface area contributed by atoms with Crippen LogP contribution >= 0.6 is 11.3 Å². The number of hydrogen-bond acceptors (Lipinski definition) is 6. The van der Waals surface area contributed by atoms with Crippen LogP contribution in [-0.4, -0.2) is 42.6 Å². The number of carboxylic acid groups (broad SMARTS) is 1. The highest BCUT2D eigenvalue weighted by molar-refractivity contribution is 7.12. The van der Waals surface area contributed by atoms with E-state index in [2.05, 4.69) is 5.32 Å². The SMILES string of the molecule is CCOC(=O)[C@@H]1CCCN(c2ccc(C(=O)O)cc2NC(=O)c2cccs2)C1. The number of carbonyl (C=O) groups is 3. The quantitative estimate of drug-likeness (QED) is 0.718. The van der Waals surface area contributed by atoms with E-state index < -0.39 is 5.97 Å². The molecule has 1 atom stereocenters. The average Bonchev–Trinajstić information content (AvgIpc) is 3.23. The molecule has 2 N–H and O–H groups in total. The first kappa shape index (κ1) is 19.9. The number of rotatable bonds is 6. The first-order valence-corrected chi connectivity index (χ1v) is 10.0. The molecule has 0 aliphatic carbocycles. The van der Waals surface area contributed by atoms with Gasteiger partial charge in [-0.15, -0.1) is 11.3 Å². The fourth-order valence-electron chi connectivity index (χ4n) is 3.29. The van der Waals surface area contributed by atoms with Crippen LogP contribution in [0.25, 0.3) is 0 Å². The first-order chi connectivity index (χ1) is 13.5. The van der Waals surface area contributed by atoms with Gasteiger partial charge in [-0.2, -0.15) is 0 Å². The summed E-state index contributed by atoms with van der Waals surface area (Å²) >= 11 is 1.31. The topological polar surface area (TPSA) is 95.9 Å². The maximum absolute atomic E-state index is 12.5. The summed E-state index contributed by atoms with van der Waals surface area (Å²) in [5, 5.41) is 13.9. The van der Waals surface area contributed by atoms with Gasteiger partial charge in [0.2, 0.25) is 0 Å². The molecule has 1 saturated heterocycles. The highest BCUT2D eigenvalue weighted by Crippen LogP contribution is 2.32. The molecule has 1 aromatic carbocycles. The second-order valence-electron chi connectivity index (χ2n) is 6.51. The zero-order chi connectivity index (χ0) is 20.1. The van der Waals surface area contributed by atoms with Crippen molar-refractivity contribution < 1.29 is 24.2 Å². The second kappa shape index (κ2) is 8.88. The van der Waals surface area contributed by atoms with Crippen LogP contribution in [0.1, 0.15) is 39.8 Å². The minimum Gasteiger partial charge on any atom is -0.478 e. The fourth-order valence-corrected chi connectivity index (χ4v) is 3.90. The Morgan fingerprint density at radius 1 is 1.32 bits per heavy atom. The van der Waals surface area contributed by atoms with E-state index in [4.69, 9.17) is 4.74 Å². The number of piperidine rings is 1. The van der Waals surface area contributed by atoms with Gasteiger partial charge in [-0.1, -0.05) is 6.07 Å². The number of anilines is 2. The Bertz CT molecular complexity index is 865. The molecule has 1 aliphatic heterocycles. The lowest BCUT2D eigenvalue weighted by Gasteiger charge is -2.34. The Morgan fingerprint density at radius 2 is 2.14 bits per heavy atom. The van der Waals surface area contributed by atoms with Crippen LogP contribution in [0.5, 0.6) is 0 Å². The van der Waals surface area contributed by atoms with E-state index >= 15 is 0 Å². The molecule has 1 fully saturated rings. The standard InChI is InChI=1S/C20H22N2O5S/c1-2-27-20(26)14-5-3-9-22(12-14)16-8-7-13(19(24)25)11-15(16)21-18(23)17-6-4-10-28-17/h4,6-8,10-11,14H,2-3,5,9,12H2,1H3,(H,21,23)(H,24,25)/t14-/m1/s1. The Balaban J connectivity index is 1.87. The maximum Gasteiger partial charge on any atom is 0.335 e. The predicted octanol–water partition coefficient (Wildman–Crippen LogP) is 3.48. The first-order valence-electron chi connectivity index (χ1n) is 9.13. The Morgan fingerprint density at radius 3 is 2.82 bits per heavy atom. The van der Waals surface area contributed by atoms with E-state index in [0.29, 0.717) is 35.9 Å². The molecule has 8 heteroatoms. The molecular weight excluding hydrogens is 380 g/mol. The third-order valence-corrected chi connectivity index (χ3v) is 5.49. The molecule has 2 heterocycles. The van der Waals surface area contributed by atoms with Crippen molar-refractivity contribution in [3.63, 3.8) is 0 Å². The number of esters is 1. The normalized spacial score (nSPS) is 16.5. The van der Waals surface area contributed by atoms with Crippen LogP contribution < -0.4 is 10.2 Å². The van der Waals surface area contributed by atoms with Crippen molar-refractivity contribution in [2.24, 2.45) is 5.92 Å². The van der Waals surface area contributed by atoms with Crippen molar-refractivity contribution >= 4 is 40.6 Å². The number of ether oxygens (including phenoxy) is 1. The van der Waals surface area contributed by atoms with E-state index in [0.717, 1.165) is 12.8 Å². The summed E-state index contributed by atoms with van der Waals surface area (Å²) in [6, 6.07) is 8.13. The molecular formula is C20H22N2O5S. The predicted molar refractivity (Wildman–Crippen MR) is 107 cm³/mol. The largest absolute Gasteiger partial charge is 0.478 e. The Kier molecular flexibility index (Phi) is 6.30. The summed E-state index contributed by atoms with van der Waals surface area (Å²) in [5.41, 5.74) is 1.20. The minimum atomic E-state index is -1.07. The zero-order valence-electron chi connectivity index (χ0n) is 15.5. The number of nitrogens with zero attached hydrogens (tertiary/aromatic N) is 1. The van der Waals surface area contributed by atoms with E-state index in [1.54, 1.807) is 30.5 Å². The van der Waals surface area contributed by atoms with Gasteiger partial charge in [0.25, 0.3) is 5.91 Å². The van der Waals surface area contributed by atoms with Crippen LogP contribution in [0.2, 0.25) is 0 Å². The Hall–Kier alpha value is -2.87. The van der Waals surface area contributed by atoms with E-state index in [1.807, 2.05) is 4.90 Å². The van der Waals surface area contributed by atoms with Gasteiger partial charge in [0.1, 0.15) is 0 Å². The van der Waals surface area contributed by atoms with Gasteiger partial charge < -0.3 is 20.1 Å². The number of hydrogen-bond donors (Lipinski definition) is 2. The zero-order valence-corrected chi connectivity index (χ0v) is 16.3. The third kappa shape index (κ3) is 4.51. The van der Waals surface area contributed by atoms with Gasteiger partial charge in [-0.25, -0.2) is 4.79 Å². The van der Waals surface area contributed by atoms with Crippen molar-refractivity contribution in [2.75, 3.05) is 29.9 Å². The molecule has 0 unspecified atom stereocenters. The van der Waals surface area contributed by atoms with E-state index in [-0.39, 0.29) is 23.4 Å². The highest BCUT2D eigenvalue weighted by Gasteiger charge is 2.28. The summed E-state index contributed by atoms with van der Waals surface area (Å²) in [6.07, 6.45) is 1.56.